The smallest absolute Gasteiger partial charge is 0.338 e. The maximum atomic E-state index is 13.5. The summed E-state index contributed by atoms with van der Waals surface area (Å²) in [6, 6.07) is 20.7. The van der Waals surface area contributed by atoms with Gasteiger partial charge in [-0.3, -0.25) is 0 Å². The van der Waals surface area contributed by atoms with Gasteiger partial charge in [0.1, 0.15) is 11.5 Å². The number of esters is 1. The predicted molar refractivity (Wildman–Crippen MR) is 189 cm³/mol. The van der Waals surface area contributed by atoms with Crippen molar-refractivity contribution in [3.63, 3.8) is 0 Å². The van der Waals surface area contributed by atoms with Gasteiger partial charge in [-0.1, -0.05) is 98.2 Å². The lowest BCUT2D eigenvalue weighted by atomic mass is 9.76. The third-order valence-electron chi connectivity index (χ3n) is 8.44. The number of aromatic nitrogens is 3. The largest absolute Gasteiger partial charge is 0.507 e. The number of ether oxygens (including phenoxy) is 1. The summed E-state index contributed by atoms with van der Waals surface area (Å²) in [5.41, 5.74) is 2.31. The fourth-order valence-electron chi connectivity index (χ4n) is 6.43. The summed E-state index contributed by atoms with van der Waals surface area (Å²) in [5, 5.41) is 21.1. The quantitative estimate of drug-likeness (QED) is 0.149. The van der Waals surface area contributed by atoms with E-state index in [1.54, 1.807) is 66.7 Å². The van der Waals surface area contributed by atoms with E-state index in [1.807, 2.05) is 6.07 Å². The van der Waals surface area contributed by atoms with Gasteiger partial charge in [0.05, 0.1) is 23.3 Å². The highest BCUT2D eigenvalue weighted by Gasteiger charge is 2.26. The summed E-state index contributed by atoms with van der Waals surface area (Å²) in [4.78, 5) is 27.4. The number of phenols is 2. The molecule has 3 unspecified atom stereocenters. The Hall–Kier alpha value is -4.26. The van der Waals surface area contributed by atoms with Crippen molar-refractivity contribution in [1.29, 1.82) is 0 Å². The van der Waals surface area contributed by atoms with Crippen molar-refractivity contribution in [1.82, 2.24) is 15.0 Å². The van der Waals surface area contributed by atoms with Crippen molar-refractivity contribution in [3.05, 3.63) is 78.4 Å². The number of carbonyl (C=O) groups excluding carboxylic acids is 1. The lowest BCUT2D eigenvalue weighted by molar-refractivity contribution is 0.0356. The Labute approximate surface area is 280 Å². The first-order valence-electron chi connectivity index (χ1n) is 16.7. The van der Waals surface area contributed by atoms with Crippen LogP contribution in [0.15, 0.2) is 72.8 Å². The summed E-state index contributed by atoms with van der Waals surface area (Å²) in [6.45, 7) is 18.6. The number of carbonyl (C=O) groups is 1. The molecule has 250 valence electrons. The summed E-state index contributed by atoms with van der Waals surface area (Å²) in [5.74, 6) is 1.70. The molecule has 0 aliphatic heterocycles. The molecule has 0 radical (unpaired) electrons. The van der Waals surface area contributed by atoms with Crippen molar-refractivity contribution >= 4 is 5.97 Å². The molecule has 47 heavy (non-hydrogen) atoms. The van der Waals surface area contributed by atoms with Crippen LogP contribution in [0.3, 0.4) is 0 Å². The Balaban J connectivity index is 1.60. The standard InChI is InChI=1S/C40H51N3O4/c1-26(23-39(3,4)5)20-21-30(27(2)24-40(6,7)8)25-47-38(46)29-15-13-14-28(22-29)35-41-36(31-16-9-11-18-33(31)44)43-37(42-35)32-17-10-12-19-34(32)45/h9-19,22,26-27,30,44-45H,20-21,23-25H2,1-8H3. The maximum Gasteiger partial charge on any atom is 0.338 e. The summed E-state index contributed by atoms with van der Waals surface area (Å²) in [7, 11) is 0. The Kier molecular flexibility index (Phi) is 11.4. The Morgan fingerprint density at radius 2 is 1.23 bits per heavy atom. The number of aromatic hydroxyl groups is 2. The minimum Gasteiger partial charge on any atom is -0.507 e. The Morgan fingerprint density at radius 3 is 1.77 bits per heavy atom. The molecule has 0 bridgehead atoms. The molecule has 2 N–H and O–H groups in total. The molecule has 0 spiro atoms. The fourth-order valence-corrected chi connectivity index (χ4v) is 6.43. The van der Waals surface area contributed by atoms with Crippen LogP contribution in [0.1, 0.15) is 91.4 Å². The van der Waals surface area contributed by atoms with E-state index in [0.29, 0.717) is 46.5 Å². The topological polar surface area (TPSA) is 105 Å². The van der Waals surface area contributed by atoms with Crippen LogP contribution < -0.4 is 0 Å². The summed E-state index contributed by atoms with van der Waals surface area (Å²) in [6.07, 6.45) is 4.32. The van der Waals surface area contributed by atoms with E-state index >= 15 is 0 Å². The van der Waals surface area contributed by atoms with Crippen molar-refractivity contribution in [2.24, 2.45) is 28.6 Å². The minimum atomic E-state index is -0.390. The SMILES string of the molecule is CC(CCC(COC(=O)c1cccc(-c2nc(-c3ccccc3O)nc(-c3ccccc3O)n2)c1)C(C)CC(C)(C)C)CC(C)(C)C. The predicted octanol–water partition coefficient (Wildman–Crippen LogP) is 9.98. The van der Waals surface area contributed by atoms with E-state index in [1.165, 1.54) is 0 Å². The summed E-state index contributed by atoms with van der Waals surface area (Å²) < 4.78 is 6.01. The molecule has 1 heterocycles. The third kappa shape index (κ3) is 10.4. The summed E-state index contributed by atoms with van der Waals surface area (Å²) >= 11 is 0. The first-order chi connectivity index (χ1) is 22.1. The van der Waals surface area contributed by atoms with E-state index in [-0.39, 0.29) is 39.9 Å². The number of hydrogen-bond donors (Lipinski definition) is 2. The normalized spacial score (nSPS) is 14.0. The van der Waals surface area contributed by atoms with Gasteiger partial charge in [-0.25, -0.2) is 19.7 Å². The van der Waals surface area contributed by atoms with E-state index in [4.69, 9.17) is 4.74 Å². The molecule has 3 atom stereocenters. The van der Waals surface area contributed by atoms with Crippen LogP contribution in [0.25, 0.3) is 34.2 Å². The molecular weight excluding hydrogens is 586 g/mol. The van der Waals surface area contributed by atoms with Crippen LogP contribution in [-0.2, 0) is 4.74 Å². The lowest BCUT2D eigenvalue weighted by Crippen LogP contribution is -2.25. The molecule has 1 aromatic heterocycles. The van der Waals surface area contributed by atoms with Crippen LogP contribution in [-0.4, -0.2) is 37.7 Å². The monoisotopic (exact) mass is 637 g/mol. The van der Waals surface area contributed by atoms with Gasteiger partial charge in [0.15, 0.2) is 17.5 Å². The van der Waals surface area contributed by atoms with Crippen molar-refractivity contribution in [2.45, 2.75) is 81.1 Å². The van der Waals surface area contributed by atoms with Crippen LogP contribution in [0.2, 0.25) is 0 Å². The second-order valence-corrected chi connectivity index (χ2v) is 15.5. The second kappa shape index (κ2) is 15.1. The number of nitrogens with zero attached hydrogens (tertiary/aromatic N) is 3. The van der Waals surface area contributed by atoms with Crippen LogP contribution in [0.5, 0.6) is 11.5 Å². The molecule has 0 amide bonds. The molecule has 4 rings (SSSR count). The second-order valence-electron chi connectivity index (χ2n) is 15.5. The highest BCUT2D eigenvalue weighted by Crippen LogP contribution is 2.35. The zero-order chi connectivity index (χ0) is 34.4. The molecule has 0 aliphatic carbocycles. The molecule has 7 nitrogen and oxygen atoms in total. The molecule has 0 fully saturated rings. The zero-order valence-electron chi connectivity index (χ0n) is 29.2. The average Bonchev–Trinajstić information content (AvgIpc) is 2.99. The number of rotatable bonds is 12. The van der Waals surface area contributed by atoms with Crippen LogP contribution in [0, 0.1) is 28.6 Å². The lowest BCUT2D eigenvalue weighted by Gasteiger charge is -2.31. The van der Waals surface area contributed by atoms with Gasteiger partial charge in [-0.05, 0) is 84.2 Å². The van der Waals surface area contributed by atoms with Gasteiger partial charge in [-0.15, -0.1) is 0 Å². The number of benzene rings is 3. The van der Waals surface area contributed by atoms with Gasteiger partial charge >= 0.3 is 5.97 Å². The van der Waals surface area contributed by atoms with Crippen molar-refractivity contribution in [3.8, 4) is 45.7 Å². The van der Waals surface area contributed by atoms with Crippen LogP contribution >= 0.6 is 0 Å². The first kappa shape index (κ1) is 35.6. The van der Waals surface area contributed by atoms with E-state index in [2.05, 4.69) is 70.3 Å². The van der Waals surface area contributed by atoms with Crippen molar-refractivity contribution in [2.75, 3.05) is 6.61 Å². The minimum absolute atomic E-state index is 0.0215. The van der Waals surface area contributed by atoms with Crippen LogP contribution in [0.4, 0.5) is 0 Å². The van der Waals surface area contributed by atoms with E-state index in [9.17, 15) is 15.0 Å². The highest BCUT2D eigenvalue weighted by molar-refractivity contribution is 5.90. The molecule has 0 saturated heterocycles. The first-order valence-corrected chi connectivity index (χ1v) is 16.7. The number of phenolic OH excluding ortho intramolecular Hbond substituents is 2. The number of para-hydroxylation sites is 2. The Bertz CT molecular complexity index is 1590. The van der Waals surface area contributed by atoms with Gasteiger partial charge in [-0.2, -0.15) is 0 Å². The average molecular weight is 638 g/mol. The van der Waals surface area contributed by atoms with Gasteiger partial charge < -0.3 is 14.9 Å². The van der Waals surface area contributed by atoms with Gasteiger partial charge in [0, 0.05) is 5.56 Å². The van der Waals surface area contributed by atoms with E-state index in [0.717, 1.165) is 25.7 Å². The van der Waals surface area contributed by atoms with Gasteiger partial charge in [0.25, 0.3) is 0 Å². The Morgan fingerprint density at radius 1 is 0.702 bits per heavy atom. The zero-order valence-corrected chi connectivity index (χ0v) is 29.2. The number of hydrogen-bond acceptors (Lipinski definition) is 7. The van der Waals surface area contributed by atoms with E-state index < -0.39 is 5.97 Å². The molecule has 0 aliphatic rings. The fraction of sp³-hybridized carbons (Fsp3) is 0.450. The molecule has 0 saturated carbocycles. The molecule has 3 aromatic carbocycles. The molecule has 4 aromatic rings. The molecular formula is C40H51N3O4. The van der Waals surface area contributed by atoms with Crippen molar-refractivity contribution < 1.29 is 19.7 Å². The van der Waals surface area contributed by atoms with Gasteiger partial charge in [0.2, 0.25) is 0 Å². The highest BCUT2D eigenvalue weighted by atomic mass is 16.5. The third-order valence-corrected chi connectivity index (χ3v) is 8.44. The maximum absolute atomic E-state index is 13.5. The molecule has 7 heteroatoms.